The summed E-state index contributed by atoms with van der Waals surface area (Å²) in [5.74, 6) is -0.0691. The number of nitrogens with one attached hydrogen (secondary N) is 1. The monoisotopic (exact) mass is 503 g/mol. The number of benzene rings is 2. The molecule has 34 heavy (non-hydrogen) atoms. The van der Waals surface area contributed by atoms with E-state index in [1.165, 1.54) is 31.6 Å². The molecule has 10 heteroatoms. The predicted molar refractivity (Wildman–Crippen MR) is 128 cm³/mol. The van der Waals surface area contributed by atoms with Gasteiger partial charge in [0.15, 0.2) is 17.1 Å². The molecule has 1 aliphatic rings. The van der Waals surface area contributed by atoms with Crippen LogP contribution in [0, 0.1) is 5.82 Å². The molecule has 4 rings (SSSR count). The van der Waals surface area contributed by atoms with E-state index in [4.69, 9.17) is 37.5 Å². The summed E-state index contributed by atoms with van der Waals surface area (Å²) in [5.41, 5.74) is 0.594. The molecular weight excluding hydrogens is 484 g/mol. The van der Waals surface area contributed by atoms with Crippen molar-refractivity contribution in [3.8, 4) is 11.5 Å². The van der Waals surface area contributed by atoms with Gasteiger partial charge >= 0.3 is 0 Å². The number of methoxy groups -OCH3 is 1. The van der Waals surface area contributed by atoms with Gasteiger partial charge in [0.1, 0.15) is 12.4 Å². The second kappa shape index (κ2) is 9.87. The molecule has 1 unspecified atom stereocenters. The van der Waals surface area contributed by atoms with E-state index in [2.05, 4.69) is 15.5 Å². The highest BCUT2D eigenvalue weighted by atomic mass is 35.5. The summed E-state index contributed by atoms with van der Waals surface area (Å²) in [6, 6.07) is 11.1. The topological polar surface area (TPSA) is 82.0 Å². The molecule has 1 aliphatic heterocycles. The average Bonchev–Trinajstić information content (AvgIpc) is 3.22. The molecule has 1 atom stereocenters. The van der Waals surface area contributed by atoms with Gasteiger partial charge in [-0.15, -0.1) is 0 Å². The van der Waals surface area contributed by atoms with Crippen molar-refractivity contribution in [3.63, 3.8) is 0 Å². The maximum Gasteiger partial charge on any atom is 0.255 e. The van der Waals surface area contributed by atoms with Crippen LogP contribution < -0.4 is 14.8 Å². The van der Waals surface area contributed by atoms with Crippen LogP contribution in [0.4, 0.5) is 10.1 Å². The van der Waals surface area contributed by atoms with Gasteiger partial charge in [-0.05, 0) is 31.2 Å². The lowest BCUT2D eigenvalue weighted by atomic mass is 9.96. The number of halogens is 3. The molecule has 0 aliphatic carbocycles. The molecular formula is C24H20Cl2FN3O4. The van der Waals surface area contributed by atoms with Gasteiger partial charge < -0.3 is 19.6 Å². The molecule has 0 bridgehead atoms. The Kier molecular flexibility index (Phi) is 6.90. The number of aromatic nitrogens is 1. The Balaban J connectivity index is 1.47. The Morgan fingerprint density at radius 2 is 1.91 bits per heavy atom. The minimum atomic E-state index is -0.834. The number of nitrogens with zero attached hydrogens (tertiary/aromatic N) is 2. The SMILES string of the molecule is COc1ccc(C(=O)Nc2c(Cl)cncc2Cl)cc1OCC1(C)CC(c2ccccc2F)=NO1. The van der Waals surface area contributed by atoms with Crippen molar-refractivity contribution < 1.29 is 23.5 Å². The summed E-state index contributed by atoms with van der Waals surface area (Å²) in [6.07, 6.45) is 3.10. The van der Waals surface area contributed by atoms with E-state index >= 15 is 0 Å². The molecule has 176 valence electrons. The quantitative estimate of drug-likeness (QED) is 0.443. The first-order valence-electron chi connectivity index (χ1n) is 10.2. The molecule has 0 spiro atoms. The standard InChI is InChI=1S/C24H20Cl2FN3O4/c1-24(10-19(30-34-24)15-5-3-4-6-18(15)27)13-33-21-9-14(7-8-20(21)32-2)23(31)29-22-16(25)11-28-12-17(22)26/h3-9,11-12H,10,13H2,1-2H3,(H,28,29,31). The Labute approximate surface area is 205 Å². The van der Waals surface area contributed by atoms with Crippen molar-refractivity contribution in [1.29, 1.82) is 0 Å². The average molecular weight is 504 g/mol. The lowest BCUT2D eigenvalue weighted by molar-refractivity contribution is -0.0361. The third-order valence-corrected chi connectivity index (χ3v) is 5.73. The Morgan fingerprint density at radius 3 is 2.62 bits per heavy atom. The normalized spacial score (nSPS) is 17.0. The summed E-state index contributed by atoms with van der Waals surface area (Å²) >= 11 is 12.2. The van der Waals surface area contributed by atoms with Gasteiger partial charge in [-0.3, -0.25) is 9.78 Å². The summed E-state index contributed by atoms with van der Waals surface area (Å²) in [4.78, 5) is 22.2. The molecule has 0 radical (unpaired) electrons. The van der Waals surface area contributed by atoms with Gasteiger partial charge in [0.25, 0.3) is 5.91 Å². The lowest BCUT2D eigenvalue weighted by Crippen LogP contribution is -2.33. The summed E-state index contributed by atoms with van der Waals surface area (Å²) < 4.78 is 25.5. The molecule has 7 nitrogen and oxygen atoms in total. The zero-order valence-corrected chi connectivity index (χ0v) is 19.8. The fourth-order valence-corrected chi connectivity index (χ4v) is 3.84. The third-order valence-electron chi connectivity index (χ3n) is 5.15. The molecule has 3 aromatic rings. The largest absolute Gasteiger partial charge is 0.493 e. The van der Waals surface area contributed by atoms with Crippen LogP contribution in [0.3, 0.4) is 0 Å². The number of anilines is 1. The van der Waals surface area contributed by atoms with E-state index in [1.54, 1.807) is 37.3 Å². The van der Waals surface area contributed by atoms with E-state index in [9.17, 15) is 9.18 Å². The van der Waals surface area contributed by atoms with Gasteiger partial charge in [0.2, 0.25) is 0 Å². The predicted octanol–water partition coefficient (Wildman–Crippen LogP) is 5.75. The highest BCUT2D eigenvalue weighted by Gasteiger charge is 2.37. The van der Waals surface area contributed by atoms with Gasteiger partial charge in [-0.2, -0.15) is 0 Å². The van der Waals surface area contributed by atoms with E-state index in [0.717, 1.165) is 0 Å². The van der Waals surface area contributed by atoms with Crippen molar-refractivity contribution in [2.75, 3.05) is 19.0 Å². The molecule has 1 N–H and O–H groups in total. The van der Waals surface area contributed by atoms with Gasteiger partial charge in [0.05, 0.1) is 28.6 Å². The number of rotatable bonds is 7. The Hall–Kier alpha value is -3.36. The van der Waals surface area contributed by atoms with Crippen LogP contribution in [0.2, 0.25) is 10.0 Å². The maximum absolute atomic E-state index is 14.1. The number of oxime groups is 1. The third kappa shape index (κ3) is 5.08. The van der Waals surface area contributed by atoms with E-state index in [0.29, 0.717) is 34.8 Å². The number of carbonyl (C=O) groups excluding carboxylic acids is 1. The number of carbonyl (C=O) groups is 1. The number of pyridine rings is 1. The van der Waals surface area contributed by atoms with Crippen LogP contribution in [0.1, 0.15) is 29.3 Å². The van der Waals surface area contributed by atoms with Gasteiger partial charge in [-0.25, -0.2) is 4.39 Å². The van der Waals surface area contributed by atoms with Crippen LogP contribution in [0.5, 0.6) is 11.5 Å². The molecule has 2 aromatic carbocycles. The molecule has 2 heterocycles. The van der Waals surface area contributed by atoms with Crippen LogP contribution in [0.25, 0.3) is 0 Å². The van der Waals surface area contributed by atoms with Crippen LogP contribution in [-0.4, -0.2) is 35.9 Å². The molecule has 1 amide bonds. The highest BCUT2D eigenvalue weighted by molar-refractivity contribution is 6.39. The van der Waals surface area contributed by atoms with Crippen molar-refractivity contribution >= 4 is 40.5 Å². The molecule has 0 fully saturated rings. The lowest BCUT2D eigenvalue weighted by Gasteiger charge is -2.22. The summed E-state index contributed by atoms with van der Waals surface area (Å²) in [5, 5.41) is 7.15. The van der Waals surface area contributed by atoms with E-state index in [-0.39, 0.29) is 28.2 Å². The fourth-order valence-electron chi connectivity index (χ4n) is 3.38. The maximum atomic E-state index is 14.1. The van der Waals surface area contributed by atoms with Crippen molar-refractivity contribution in [1.82, 2.24) is 4.98 Å². The number of ether oxygens (including phenoxy) is 2. The Morgan fingerprint density at radius 1 is 1.18 bits per heavy atom. The van der Waals surface area contributed by atoms with Gasteiger partial charge in [0, 0.05) is 29.9 Å². The first-order valence-corrected chi connectivity index (χ1v) is 11.0. The van der Waals surface area contributed by atoms with Crippen LogP contribution in [-0.2, 0) is 4.84 Å². The first-order chi connectivity index (χ1) is 16.3. The van der Waals surface area contributed by atoms with E-state index in [1.807, 2.05) is 0 Å². The number of hydrogen-bond acceptors (Lipinski definition) is 6. The number of amides is 1. The zero-order chi connectivity index (χ0) is 24.3. The molecule has 1 aromatic heterocycles. The van der Waals surface area contributed by atoms with E-state index < -0.39 is 11.5 Å². The second-order valence-corrected chi connectivity index (χ2v) is 8.64. The molecule has 0 saturated carbocycles. The first kappa shape index (κ1) is 23.8. The molecule has 0 saturated heterocycles. The number of hydrogen-bond donors (Lipinski definition) is 1. The zero-order valence-electron chi connectivity index (χ0n) is 18.3. The highest BCUT2D eigenvalue weighted by Crippen LogP contribution is 2.34. The summed E-state index contributed by atoms with van der Waals surface area (Å²) in [6.45, 7) is 1.89. The van der Waals surface area contributed by atoms with Crippen molar-refractivity contribution in [2.24, 2.45) is 5.16 Å². The van der Waals surface area contributed by atoms with Crippen LogP contribution >= 0.6 is 23.2 Å². The fraction of sp³-hybridized carbons (Fsp3) is 0.208. The van der Waals surface area contributed by atoms with Crippen molar-refractivity contribution in [3.05, 3.63) is 81.8 Å². The minimum Gasteiger partial charge on any atom is -0.493 e. The summed E-state index contributed by atoms with van der Waals surface area (Å²) in [7, 11) is 1.49. The van der Waals surface area contributed by atoms with Crippen molar-refractivity contribution in [2.45, 2.75) is 18.9 Å². The van der Waals surface area contributed by atoms with Gasteiger partial charge in [-0.1, -0.05) is 46.6 Å². The second-order valence-electron chi connectivity index (χ2n) is 7.82. The Bertz CT molecular complexity index is 1250. The smallest absolute Gasteiger partial charge is 0.255 e. The minimum absolute atomic E-state index is 0.0812. The van der Waals surface area contributed by atoms with Crippen LogP contribution in [0.15, 0.2) is 60.0 Å².